The van der Waals surface area contributed by atoms with E-state index in [4.69, 9.17) is 20.8 Å². The summed E-state index contributed by atoms with van der Waals surface area (Å²) in [5.41, 5.74) is 3.58. The van der Waals surface area contributed by atoms with Crippen molar-refractivity contribution < 1.29 is 12.6 Å². The third-order valence-electron chi connectivity index (χ3n) is 5.00. The van der Waals surface area contributed by atoms with Crippen molar-refractivity contribution >= 4 is 30.1 Å². The number of aryl methyl sites for hydroxylation is 1. The van der Waals surface area contributed by atoms with Crippen LogP contribution in [-0.2, 0) is 27.3 Å². The predicted molar refractivity (Wildman–Crippen MR) is 118 cm³/mol. The molecule has 0 aliphatic heterocycles. The molecule has 8 heteroatoms. The zero-order chi connectivity index (χ0) is 19.6. The van der Waals surface area contributed by atoms with Crippen LogP contribution in [0.1, 0.15) is 67.7 Å². The minimum atomic E-state index is -3.41. The molecule has 1 unspecified atom stereocenters. The smallest absolute Gasteiger partial charge is 0.264 e. The highest BCUT2D eigenvalue weighted by atomic mass is 35.5. The van der Waals surface area contributed by atoms with E-state index in [2.05, 4.69) is 18.4 Å². The SMILES string of the molecule is B.CC(C)c1nc2c(n1Cc1ccc(Cl)cc1)C(CCOS(C)(=O)=O)CCC2. The van der Waals surface area contributed by atoms with Crippen molar-refractivity contribution in [3.63, 3.8) is 0 Å². The Hall–Kier alpha value is -1.31. The van der Waals surface area contributed by atoms with Crippen LogP contribution in [0.2, 0.25) is 5.02 Å². The molecule has 1 heterocycles. The monoisotopic (exact) mass is 424 g/mol. The fraction of sp³-hybridized carbons (Fsp3) is 0.550. The number of hydrogen-bond donors (Lipinski definition) is 0. The van der Waals surface area contributed by atoms with Gasteiger partial charge in [-0.2, -0.15) is 8.42 Å². The van der Waals surface area contributed by atoms with E-state index in [0.29, 0.717) is 12.3 Å². The number of fused-ring (bicyclic) bond motifs is 1. The van der Waals surface area contributed by atoms with Gasteiger partial charge in [0.2, 0.25) is 0 Å². The third-order valence-corrected chi connectivity index (χ3v) is 5.85. The van der Waals surface area contributed by atoms with Crippen LogP contribution in [0.5, 0.6) is 0 Å². The highest BCUT2D eigenvalue weighted by molar-refractivity contribution is 7.85. The van der Waals surface area contributed by atoms with Gasteiger partial charge in [-0.05, 0) is 43.4 Å². The van der Waals surface area contributed by atoms with Crippen LogP contribution >= 0.6 is 11.6 Å². The minimum absolute atomic E-state index is 0. The number of imidazole rings is 1. The Balaban J connectivity index is 0.00000280. The number of hydrogen-bond acceptors (Lipinski definition) is 4. The van der Waals surface area contributed by atoms with Crippen LogP contribution in [0.3, 0.4) is 0 Å². The number of benzene rings is 1. The minimum Gasteiger partial charge on any atom is -0.327 e. The van der Waals surface area contributed by atoms with Gasteiger partial charge in [0.05, 0.1) is 27.0 Å². The van der Waals surface area contributed by atoms with E-state index >= 15 is 0 Å². The summed E-state index contributed by atoms with van der Waals surface area (Å²) in [6.07, 6.45) is 4.87. The molecule has 1 aliphatic rings. The van der Waals surface area contributed by atoms with Gasteiger partial charge in [-0.15, -0.1) is 0 Å². The zero-order valence-electron chi connectivity index (χ0n) is 16.1. The van der Waals surface area contributed by atoms with Crippen LogP contribution in [0.25, 0.3) is 0 Å². The van der Waals surface area contributed by atoms with E-state index < -0.39 is 10.1 Å². The molecule has 0 bridgehead atoms. The lowest BCUT2D eigenvalue weighted by Gasteiger charge is -2.25. The Bertz CT molecular complexity index is 895. The van der Waals surface area contributed by atoms with Gasteiger partial charge in [0.15, 0.2) is 0 Å². The van der Waals surface area contributed by atoms with E-state index in [1.54, 1.807) is 0 Å². The molecule has 5 nitrogen and oxygen atoms in total. The fourth-order valence-electron chi connectivity index (χ4n) is 3.83. The molecule has 1 atom stereocenters. The van der Waals surface area contributed by atoms with Gasteiger partial charge in [-0.1, -0.05) is 37.6 Å². The Morgan fingerprint density at radius 3 is 2.57 bits per heavy atom. The topological polar surface area (TPSA) is 61.2 Å². The van der Waals surface area contributed by atoms with Crippen molar-refractivity contribution in [1.82, 2.24) is 9.55 Å². The van der Waals surface area contributed by atoms with Gasteiger partial charge in [0, 0.05) is 29.1 Å². The van der Waals surface area contributed by atoms with Crippen LogP contribution in [0.15, 0.2) is 24.3 Å². The molecule has 0 amide bonds. The highest BCUT2D eigenvalue weighted by Crippen LogP contribution is 2.36. The fourth-order valence-corrected chi connectivity index (χ4v) is 4.35. The van der Waals surface area contributed by atoms with Gasteiger partial charge in [-0.25, -0.2) is 4.98 Å². The first-order chi connectivity index (χ1) is 12.7. The van der Waals surface area contributed by atoms with E-state index in [1.807, 2.05) is 24.3 Å². The molecule has 2 aromatic rings. The molecule has 1 aromatic carbocycles. The maximum absolute atomic E-state index is 11.3. The van der Waals surface area contributed by atoms with E-state index in [-0.39, 0.29) is 20.9 Å². The van der Waals surface area contributed by atoms with Crippen LogP contribution in [-0.4, -0.2) is 39.2 Å². The molecule has 0 radical (unpaired) electrons. The molecular weight excluding hydrogens is 395 g/mol. The molecule has 1 aliphatic carbocycles. The average Bonchev–Trinajstić information content (AvgIpc) is 2.95. The molecule has 28 heavy (non-hydrogen) atoms. The van der Waals surface area contributed by atoms with Gasteiger partial charge in [0.25, 0.3) is 10.1 Å². The number of rotatable bonds is 7. The summed E-state index contributed by atoms with van der Waals surface area (Å²) < 4.78 is 29.9. The Labute approximate surface area is 175 Å². The molecule has 1 aromatic heterocycles. The molecule has 0 saturated heterocycles. The summed E-state index contributed by atoms with van der Waals surface area (Å²) in [4.78, 5) is 4.95. The molecule has 154 valence electrons. The second-order valence-corrected chi connectivity index (χ2v) is 9.65. The standard InChI is InChI=1S/C20H27ClN2O3S.BH3/c1-14(2)20-22-18-6-4-5-16(11-12-26-27(3,24)25)19(18)23(20)13-15-7-9-17(21)10-8-15;/h7-10,14,16H,4-6,11-13H2,1-3H3;1H3. The second-order valence-electron chi connectivity index (χ2n) is 7.57. The first kappa shape index (κ1) is 23.0. The zero-order valence-corrected chi connectivity index (χ0v) is 17.7. The first-order valence-electron chi connectivity index (χ1n) is 9.42. The van der Waals surface area contributed by atoms with Crippen molar-refractivity contribution in [2.45, 2.75) is 57.9 Å². The van der Waals surface area contributed by atoms with Crippen molar-refractivity contribution in [3.8, 4) is 0 Å². The molecular formula is C20H30BClN2O3S. The largest absolute Gasteiger partial charge is 0.327 e. The third kappa shape index (κ3) is 5.61. The van der Waals surface area contributed by atoms with Crippen LogP contribution in [0, 0.1) is 0 Å². The normalized spacial score (nSPS) is 16.7. The van der Waals surface area contributed by atoms with Crippen molar-refractivity contribution in [3.05, 3.63) is 52.1 Å². The van der Waals surface area contributed by atoms with E-state index in [0.717, 1.165) is 48.6 Å². The first-order valence-corrected chi connectivity index (χ1v) is 11.6. The van der Waals surface area contributed by atoms with Crippen molar-refractivity contribution in [2.24, 2.45) is 0 Å². The Morgan fingerprint density at radius 1 is 1.29 bits per heavy atom. The Kier molecular flexibility index (Phi) is 7.77. The van der Waals surface area contributed by atoms with Gasteiger partial charge in [-0.3, -0.25) is 4.18 Å². The summed E-state index contributed by atoms with van der Waals surface area (Å²) in [7, 11) is -3.41. The summed E-state index contributed by atoms with van der Waals surface area (Å²) >= 11 is 6.03. The summed E-state index contributed by atoms with van der Waals surface area (Å²) in [6.45, 7) is 5.28. The number of halogens is 1. The maximum atomic E-state index is 11.3. The molecule has 0 spiro atoms. The molecule has 3 rings (SSSR count). The average molecular weight is 425 g/mol. The molecule has 0 saturated carbocycles. The van der Waals surface area contributed by atoms with Gasteiger partial charge < -0.3 is 4.57 Å². The maximum Gasteiger partial charge on any atom is 0.264 e. The lowest BCUT2D eigenvalue weighted by atomic mass is 9.87. The summed E-state index contributed by atoms with van der Waals surface area (Å²) in [5.74, 6) is 1.67. The number of nitrogens with zero attached hydrogens (tertiary/aromatic N) is 2. The number of aromatic nitrogens is 2. The molecule has 0 fully saturated rings. The van der Waals surface area contributed by atoms with Crippen LogP contribution in [0.4, 0.5) is 0 Å². The van der Waals surface area contributed by atoms with Crippen molar-refractivity contribution in [1.29, 1.82) is 0 Å². The van der Waals surface area contributed by atoms with Gasteiger partial charge >= 0.3 is 0 Å². The summed E-state index contributed by atoms with van der Waals surface area (Å²) in [5, 5.41) is 0.728. The second kappa shape index (κ2) is 9.46. The lowest BCUT2D eigenvalue weighted by molar-refractivity contribution is 0.293. The van der Waals surface area contributed by atoms with E-state index in [9.17, 15) is 8.42 Å². The summed E-state index contributed by atoms with van der Waals surface area (Å²) in [6, 6.07) is 7.91. The Morgan fingerprint density at radius 2 is 1.96 bits per heavy atom. The molecule has 0 N–H and O–H groups in total. The van der Waals surface area contributed by atoms with E-state index in [1.165, 1.54) is 11.3 Å². The highest BCUT2D eigenvalue weighted by Gasteiger charge is 2.28. The van der Waals surface area contributed by atoms with Gasteiger partial charge in [0.1, 0.15) is 5.82 Å². The lowest BCUT2D eigenvalue weighted by Crippen LogP contribution is -2.18. The quantitative estimate of drug-likeness (QED) is 0.505. The van der Waals surface area contributed by atoms with Crippen molar-refractivity contribution in [2.75, 3.05) is 12.9 Å². The van der Waals surface area contributed by atoms with Crippen LogP contribution < -0.4 is 0 Å². The predicted octanol–water partition coefficient (Wildman–Crippen LogP) is 3.31.